The van der Waals surface area contributed by atoms with E-state index in [1.807, 2.05) is 35.9 Å². The lowest BCUT2D eigenvalue weighted by Gasteiger charge is -2.05. The summed E-state index contributed by atoms with van der Waals surface area (Å²) in [6.07, 6.45) is 0. The van der Waals surface area contributed by atoms with Crippen molar-refractivity contribution in [1.29, 1.82) is 0 Å². The quantitative estimate of drug-likeness (QED) is 0.662. The van der Waals surface area contributed by atoms with Gasteiger partial charge in [0.15, 0.2) is 11.0 Å². The Balaban J connectivity index is 1.74. The van der Waals surface area contributed by atoms with Crippen LogP contribution in [0.3, 0.4) is 0 Å². The first-order chi connectivity index (χ1) is 11.2. The van der Waals surface area contributed by atoms with E-state index in [0.717, 1.165) is 28.0 Å². The van der Waals surface area contributed by atoms with E-state index in [-0.39, 0.29) is 0 Å². The third kappa shape index (κ3) is 3.56. The second-order valence-corrected chi connectivity index (χ2v) is 6.31. The van der Waals surface area contributed by atoms with Gasteiger partial charge in [0.1, 0.15) is 5.75 Å². The van der Waals surface area contributed by atoms with Gasteiger partial charge in [-0.05, 0) is 36.8 Å². The topological polar surface area (TPSA) is 39.9 Å². The van der Waals surface area contributed by atoms with Crippen molar-refractivity contribution in [1.82, 2.24) is 14.8 Å². The van der Waals surface area contributed by atoms with Crippen molar-refractivity contribution >= 4 is 11.8 Å². The standard InChI is InChI=1S/C18H19N3OS/c1-13-4-6-14(7-5-13)12-23-18-20-19-17(21(18)2)15-8-10-16(22-3)11-9-15/h4-11H,12H2,1-3H3. The third-order valence-corrected chi connectivity index (χ3v) is 4.76. The number of ether oxygens (including phenoxy) is 1. The summed E-state index contributed by atoms with van der Waals surface area (Å²) in [5, 5.41) is 9.54. The summed E-state index contributed by atoms with van der Waals surface area (Å²) in [7, 11) is 3.66. The van der Waals surface area contributed by atoms with E-state index in [9.17, 15) is 0 Å². The van der Waals surface area contributed by atoms with Crippen LogP contribution in [0.2, 0.25) is 0 Å². The van der Waals surface area contributed by atoms with Crippen molar-refractivity contribution in [3.63, 3.8) is 0 Å². The molecule has 5 heteroatoms. The highest BCUT2D eigenvalue weighted by Gasteiger charge is 2.11. The highest BCUT2D eigenvalue weighted by molar-refractivity contribution is 7.98. The molecule has 118 valence electrons. The van der Waals surface area contributed by atoms with E-state index in [2.05, 4.69) is 41.4 Å². The molecule has 0 amide bonds. The van der Waals surface area contributed by atoms with Gasteiger partial charge in [-0.3, -0.25) is 0 Å². The molecule has 0 fully saturated rings. The number of aryl methyl sites for hydroxylation is 1. The molecule has 2 aromatic carbocycles. The molecule has 4 nitrogen and oxygen atoms in total. The number of thioether (sulfide) groups is 1. The van der Waals surface area contributed by atoms with Gasteiger partial charge in [0.05, 0.1) is 7.11 Å². The summed E-state index contributed by atoms with van der Waals surface area (Å²) in [6.45, 7) is 2.10. The molecule has 3 aromatic rings. The molecule has 1 heterocycles. The summed E-state index contributed by atoms with van der Waals surface area (Å²) >= 11 is 1.69. The van der Waals surface area contributed by atoms with Gasteiger partial charge in [0.2, 0.25) is 0 Å². The number of aromatic nitrogens is 3. The fourth-order valence-corrected chi connectivity index (χ4v) is 3.13. The summed E-state index contributed by atoms with van der Waals surface area (Å²) in [5.74, 6) is 2.58. The SMILES string of the molecule is COc1ccc(-c2nnc(SCc3ccc(C)cc3)n2C)cc1. The first kappa shape index (κ1) is 15.6. The van der Waals surface area contributed by atoms with Crippen LogP contribution in [0.25, 0.3) is 11.4 Å². The van der Waals surface area contributed by atoms with Gasteiger partial charge in [-0.1, -0.05) is 41.6 Å². The first-order valence-electron chi connectivity index (χ1n) is 7.39. The number of benzene rings is 2. The Morgan fingerprint density at radius 3 is 2.35 bits per heavy atom. The maximum atomic E-state index is 5.19. The maximum absolute atomic E-state index is 5.19. The Kier molecular flexibility index (Phi) is 4.67. The van der Waals surface area contributed by atoms with E-state index >= 15 is 0 Å². The lowest BCUT2D eigenvalue weighted by molar-refractivity contribution is 0.415. The minimum Gasteiger partial charge on any atom is -0.497 e. The molecule has 0 unspecified atom stereocenters. The van der Waals surface area contributed by atoms with Crippen molar-refractivity contribution < 1.29 is 4.74 Å². The van der Waals surface area contributed by atoms with Crippen LogP contribution in [-0.4, -0.2) is 21.9 Å². The average molecular weight is 325 g/mol. The second-order valence-electron chi connectivity index (χ2n) is 5.37. The van der Waals surface area contributed by atoms with Gasteiger partial charge in [-0.25, -0.2) is 0 Å². The molecule has 0 bridgehead atoms. The molecule has 0 saturated carbocycles. The molecule has 0 aliphatic carbocycles. The predicted molar refractivity (Wildman–Crippen MR) is 93.7 cm³/mol. The molecular formula is C18H19N3OS. The summed E-state index contributed by atoms with van der Waals surface area (Å²) in [5.41, 5.74) is 3.59. The van der Waals surface area contributed by atoms with Crippen molar-refractivity contribution in [3.05, 3.63) is 59.7 Å². The Hall–Kier alpha value is -2.27. The number of methoxy groups -OCH3 is 1. The minimum atomic E-state index is 0.838. The average Bonchev–Trinajstić information content (AvgIpc) is 2.95. The largest absolute Gasteiger partial charge is 0.497 e. The van der Waals surface area contributed by atoms with Gasteiger partial charge in [-0.2, -0.15) is 0 Å². The molecule has 3 rings (SSSR count). The van der Waals surface area contributed by atoms with Gasteiger partial charge in [0, 0.05) is 18.4 Å². The predicted octanol–water partition coefficient (Wildman–Crippen LogP) is 4.09. The van der Waals surface area contributed by atoms with E-state index in [1.165, 1.54) is 11.1 Å². The van der Waals surface area contributed by atoms with Crippen LogP contribution < -0.4 is 4.74 Å². The molecule has 0 spiro atoms. The minimum absolute atomic E-state index is 0.838. The zero-order chi connectivity index (χ0) is 16.2. The summed E-state index contributed by atoms with van der Waals surface area (Å²) in [4.78, 5) is 0. The normalized spacial score (nSPS) is 10.7. The number of nitrogens with zero attached hydrogens (tertiary/aromatic N) is 3. The summed E-state index contributed by atoms with van der Waals surface area (Å²) < 4.78 is 7.22. The highest BCUT2D eigenvalue weighted by Crippen LogP contribution is 2.26. The molecular weight excluding hydrogens is 306 g/mol. The lowest BCUT2D eigenvalue weighted by Crippen LogP contribution is -1.95. The highest BCUT2D eigenvalue weighted by atomic mass is 32.2. The van der Waals surface area contributed by atoms with Crippen LogP contribution in [0.15, 0.2) is 53.7 Å². The van der Waals surface area contributed by atoms with Crippen LogP contribution in [0.1, 0.15) is 11.1 Å². The molecule has 0 saturated heterocycles. The Labute approximate surface area is 140 Å². The van der Waals surface area contributed by atoms with Crippen LogP contribution >= 0.6 is 11.8 Å². The van der Waals surface area contributed by atoms with Crippen molar-refractivity contribution in [3.8, 4) is 17.1 Å². The van der Waals surface area contributed by atoms with Gasteiger partial charge < -0.3 is 9.30 Å². The third-order valence-electron chi connectivity index (χ3n) is 3.67. The Bertz CT molecular complexity index is 779. The zero-order valence-electron chi connectivity index (χ0n) is 13.5. The Morgan fingerprint density at radius 2 is 1.70 bits per heavy atom. The number of hydrogen-bond donors (Lipinski definition) is 0. The lowest BCUT2D eigenvalue weighted by atomic mass is 10.2. The number of rotatable bonds is 5. The fraction of sp³-hybridized carbons (Fsp3) is 0.222. The van der Waals surface area contributed by atoms with Gasteiger partial charge in [-0.15, -0.1) is 10.2 Å². The van der Waals surface area contributed by atoms with Crippen LogP contribution in [0, 0.1) is 6.92 Å². The van der Waals surface area contributed by atoms with Crippen LogP contribution in [0.5, 0.6) is 5.75 Å². The molecule has 1 aromatic heterocycles. The van der Waals surface area contributed by atoms with Gasteiger partial charge in [0.25, 0.3) is 0 Å². The van der Waals surface area contributed by atoms with Crippen LogP contribution in [-0.2, 0) is 12.8 Å². The van der Waals surface area contributed by atoms with Crippen molar-refractivity contribution in [2.24, 2.45) is 7.05 Å². The maximum Gasteiger partial charge on any atom is 0.191 e. The molecule has 23 heavy (non-hydrogen) atoms. The van der Waals surface area contributed by atoms with E-state index in [4.69, 9.17) is 4.74 Å². The van der Waals surface area contributed by atoms with Gasteiger partial charge >= 0.3 is 0 Å². The van der Waals surface area contributed by atoms with E-state index in [0.29, 0.717) is 0 Å². The zero-order valence-corrected chi connectivity index (χ0v) is 14.3. The van der Waals surface area contributed by atoms with Crippen molar-refractivity contribution in [2.75, 3.05) is 7.11 Å². The molecule has 0 aliphatic heterocycles. The first-order valence-corrected chi connectivity index (χ1v) is 8.38. The van der Waals surface area contributed by atoms with E-state index in [1.54, 1.807) is 18.9 Å². The molecule has 0 radical (unpaired) electrons. The molecule has 0 N–H and O–H groups in total. The molecule has 0 atom stereocenters. The second kappa shape index (κ2) is 6.87. The monoisotopic (exact) mass is 325 g/mol. The molecule has 0 aliphatic rings. The Morgan fingerprint density at radius 1 is 1.00 bits per heavy atom. The smallest absolute Gasteiger partial charge is 0.191 e. The van der Waals surface area contributed by atoms with Crippen molar-refractivity contribution in [2.45, 2.75) is 17.8 Å². The number of hydrogen-bond acceptors (Lipinski definition) is 4. The summed E-state index contributed by atoms with van der Waals surface area (Å²) in [6, 6.07) is 16.4. The van der Waals surface area contributed by atoms with E-state index < -0.39 is 0 Å². The van der Waals surface area contributed by atoms with Crippen LogP contribution in [0.4, 0.5) is 0 Å². The fourth-order valence-electron chi connectivity index (χ4n) is 2.26.